The van der Waals surface area contributed by atoms with Crippen molar-refractivity contribution in [3.8, 4) is 17.0 Å². The molecule has 7 heteroatoms. The van der Waals surface area contributed by atoms with E-state index >= 15 is 0 Å². The second-order valence-corrected chi connectivity index (χ2v) is 8.37. The van der Waals surface area contributed by atoms with Crippen molar-refractivity contribution in [2.45, 2.75) is 58.0 Å². The molecule has 0 atom stereocenters. The third-order valence-corrected chi connectivity index (χ3v) is 5.87. The molecule has 0 saturated heterocycles. The maximum Gasteiger partial charge on any atom is 0.248 e. The number of rotatable bonds is 5. The Morgan fingerprint density at radius 2 is 1.93 bits per heavy atom. The van der Waals surface area contributed by atoms with Gasteiger partial charge in [-0.3, -0.25) is 4.98 Å². The van der Waals surface area contributed by atoms with Gasteiger partial charge in [0.05, 0.1) is 0 Å². The average Bonchev–Trinajstić information content (AvgIpc) is 3.10. The minimum absolute atomic E-state index is 0.0114. The van der Waals surface area contributed by atoms with E-state index in [9.17, 15) is 8.78 Å². The number of nitrogens with one attached hydrogen (secondary N) is 1. The molecule has 1 aliphatic carbocycles. The van der Waals surface area contributed by atoms with Crippen LogP contribution in [0.4, 0.5) is 8.78 Å². The van der Waals surface area contributed by atoms with E-state index in [0.29, 0.717) is 36.1 Å². The quantitative estimate of drug-likeness (QED) is 0.494. The Labute approximate surface area is 179 Å². The number of hydrogen-bond donors (Lipinski definition) is 1. The Balaban J connectivity index is 1.47. The first-order valence-corrected chi connectivity index (χ1v) is 10.5. The molecule has 1 aromatic carbocycles. The van der Waals surface area contributed by atoms with Crippen LogP contribution in [-0.2, 0) is 6.61 Å². The van der Waals surface area contributed by atoms with E-state index in [1.54, 1.807) is 0 Å². The second kappa shape index (κ2) is 8.34. The summed E-state index contributed by atoms with van der Waals surface area (Å²) >= 11 is 6.40. The minimum Gasteiger partial charge on any atom is -0.489 e. The molecule has 0 spiro atoms. The van der Waals surface area contributed by atoms with Crippen molar-refractivity contribution in [2.75, 3.05) is 0 Å². The minimum atomic E-state index is -2.56. The molecular formula is C23H24ClF2N3O. The zero-order chi connectivity index (χ0) is 21.3. The van der Waals surface area contributed by atoms with Gasteiger partial charge in [0.25, 0.3) is 0 Å². The topological polar surface area (TPSA) is 50.8 Å². The standard InChI is InChI=1S/C23H24ClF2N3O/c1-14-11-18(5-6-19(14)30-13-16-4-3-15(2)27-12-16)20-21(24)29-22(28-20)17-7-9-23(25,26)10-8-17/h3-6,11-12,17H,7-10,13H2,1-2H3,(H,28,29). The summed E-state index contributed by atoms with van der Waals surface area (Å²) in [5.74, 6) is -1.10. The number of aryl methyl sites for hydroxylation is 2. The van der Waals surface area contributed by atoms with Crippen molar-refractivity contribution >= 4 is 11.6 Å². The molecule has 0 aliphatic heterocycles. The van der Waals surface area contributed by atoms with Crippen LogP contribution in [0.15, 0.2) is 36.5 Å². The van der Waals surface area contributed by atoms with Gasteiger partial charge in [0, 0.05) is 41.8 Å². The summed E-state index contributed by atoms with van der Waals surface area (Å²) in [4.78, 5) is 12.0. The number of halogens is 3. The predicted octanol–water partition coefficient (Wildman–Crippen LogP) is 6.61. The fourth-order valence-electron chi connectivity index (χ4n) is 3.77. The first-order valence-electron chi connectivity index (χ1n) is 10.1. The third-order valence-electron chi connectivity index (χ3n) is 5.60. The number of pyridine rings is 1. The van der Waals surface area contributed by atoms with Gasteiger partial charge >= 0.3 is 0 Å². The van der Waals surface area contributed by atoms with Crippen LogP contribution in [0.3, 0.4) is 0 Å². The molecule has 158 valence electrons. The number of nitrogens with zero attached hydrogens (tertiary/aromatic N) is 2. The first kappa shape index (κ1) is 20.8. The van der Waals surface area contributed by atoms with Crippen LogP contribution in [0.2, 0.25) is 5.15 Å². The van der Waals surface area contributed by atoms with Gasteiger partial charge in [-0.15, -0.1) is 0 Å². The number of aromatic amines is 1. The smallest absolute Gasteiger partial charge is 0.248 e. The van der Waals surface area contributed by atoms with E-state index in [-0.39, 0.29) is 18.8 Å². The highest BCUT2D eigenvalue weighted by molar-refractivity contribution is 6.31. The highest BCUT2D eigenvalue weighted by atomic mass is 35.5. The van der Waals surface area contributed by atoms with Crippen molar-refractivity contribution in [2.24, 2.45) is 0 Å². The van der Waals surface area contributed by atoms with Gasteiger partial charge in [-0.1, -0.05) is 17.7 Å². The molecule has 3 aromatic rings. The van der Waals surface area contributed by atoms with E-state index in [4.69, 9.17) is 16.3 Å². The Bertz CT molecular complexity index is 1020. The van der Waals surface area contributed by atoms with E-state index in [1.165, 1.54) is 0 Å². The van der Waals surface area contributed by atoms with Gasteiger partial charge in [0.1, 0.15) is 29.0 Å². The first-order chi connectivity index (χ1) is 14.3. The zero-order valence-corrected chi connectivity index (χ0v) is 17.8. The Kier molecular flexibility index (Phi) is 5.78. The molecule has 1 saturated carbocycles. The van der Waals surface area contributed by atoms with Gasteiger partial charge in [0.2, 0.25) is 5.92 Å². The lowest BCUT2D eigenvalue weighted by Crippen LogP contribution is -2.24. The number of imidazole rings is 1. The average molecular weight is 432 g/mol. The van der Waals surface area contributed by atoms with Crippen LogP contribution >= 0.6 is 11.6 Å². The molecule has 1 N–H and O–H groups in total. The molecule has 2 heterocycles. The molecule has 0 radical (unpaired) electrons. The summed E-state index contributed by atoms with van der Waals surface area (Å²) in [7, 11) is 0. The van der Waals surface area contributed by atoms with Gasteiger partial charge in [-0.05, 0) is 56.5 Å². The number of aromatic nitrogens is 3. The molecule has 2 aromatic heterocycles. The molecule has 1 aliphatic rings. The molecule has 30 heavy (non-hydrogen) atoms. The Morgan fingerprint density at radius 3 is 2.60 bits per heavy atom. The summed E-state index contributed by atoms with van der Waals surface area (Å²) in [6, 6.07) is 9.75. The van der Waals surface area contributed by atoms with E-state index in [2.05, 4.69) is 15.0 Å². The van der Waals surface area contributed by atoms with Crippen LogP contribution < -0.4 is 4.74 Å². The summed E-state index contributed by atoms with van der Waals surface area (Å²) in [5.41, 5.74) is 4.44. The predicted molar refractivity (Wildman–Crippen MR) is 113 cm³/mol. The Hall–Kier alpha value is -2.47. The largest absolute Gasteiger partial charge is 0.489 e. The van der Waals surface area contributed by atoms with Gasteiger partial charge in [-0.25, -0.2) is 13.8 Å². The van der Waals surface area contributed by atoms with Gasteiger partial charge < -0.3 is 9.72 Å². The summed E-state index contributed by atoms with van der Waals surface area (Å²) in [5, 5.41) is 0.432. The molecule has 4 nitrogen and oxygen atoms in total. The number of benzene rings is 1. The van der Waals surface area contributed by atoms with E-state index < -0.39 is 5.92 Å². The third kappa shape index (κ3) is 4.64. The molecule has 0 unspecified atom stereocenters. The van der Waals surface area contributed by atoms with Crippen molar-refractivity contribution in [3.63, 3.8) is 0 Å². The van der Waals surface area contributed by atoms with Crippen molar-refractivity contribution < 1.29 is 13.5 Å². The lowest BCUT2D eigenvalue weighted by Gasteiger charge is -2.26. The van der Waals surface area contributed by atoms with Gasteiger partial charge in [-0.2, -0.15) is 0 Å². The number of hydrogen-bond acceptors (Lipinski definition) is 3. The summed E-state index contributed by atoms with van der Waals surface area (Å²) in [6.07, 6.45) is 2.43. The number of H-pyrrole nitrogens is 1. The second-order valence-electron chi connectivity index (χ2n) is 7.99. The number of alkyl halides is 2. The van der Waals surface area contributed by atoms with Crippen LogP contribution in [0.1, 0.15) is 54.2 Å². The molecule has 0 bridgehead atoms. The van der Waals surface area contributed by atoms with Crippen molar-refractivity contribution in [1.29, 1.82) is 0 Å². The van der Waals surface area contributed by atoms with E-state index in [0.717, 1.165) is 28.1 Å². The zero-order valence-electron chi connectivity index (χ0n) is 17.0. The lowest BCUT2D eigenvalue weighted by atomic mass is 9.86. The van der Waals surface area contributed by atoms with Crippen LogP contribution in [0.25, 0.3) is 11.3 Å². The van der Waals surface area contributed by atoms with E-state index in [1.807, 2.05) is 50.4 Å². The van der Waals surface area contributed by atoms with Gasteiger partial charge in [0.15, 0.2) is 0 Å². The molecule has 1 fully saturated rings. The summed E-state index contributed by atoms with van der Waals surface area (Å²) < 4.78 is 32.8. The maximum atomic E-state index is 13.4. The Morgan fingerprint density at radius 1 is 1.17 bits per heavy atom. The maximum absolute atomic E-state index is 13.4. The number of ether oxygens (including phenoxy) is 1. The van der Waals surface area contributed by atoms with Crippen molar-refractivity contribution in [3.05, 3.63) is 64.3 Å². The molecule has 0 amide bonds. The monoisotopic (exact) mass is 431 g/mol. The van der Waals surface area contributed by atoms with Crippen LogP contribution in [0, 0.1) is 13.8 Å². The lowest BCUT2D eigenvalue weighted by molar-refractivity contribution is -0.0387. The van der Waals surface area contributed by atoms with Crippen LogP contribution in [-0.4, -0.2) is 20.9 Å². The highest BCUT2D eigenvalue weighted by Gasteiger charge is 2.36. The fourth-order valence-corrected chi connectivity index (χ4v) is 4.02. The summed E-state index contributed by atoms with van der Waals surface area (Å²) in [6.45, 7) is 4.35. The van der Waals surface area contributed by atoms with Crippen LogP contribution in [0.5, 0.6) is 5.75 Å². The normalized spacial score (nSPS) is 16.6. The van der Waals surface area contributed by atoms with Crippen molar-refractivity contribution in [1.82, 2.24) is 15.0 Å². The fraction of sp³-hybridized carbons (Fsp3) is 0.391. The SMILES string of the molecule is Cc1ccc(COc2ccc(-c3nc(C4CCC(F)(F)CC4)[nH]c3Cl)cc2C)cn1. The molecule has 4 rings (SSSR count). The highest BCUT2D eigenvalue weighted by Crippen LogP contribution is 2.41. The molecular weight excluding hydrogens is 408 g/mol.